The van der Waals surface area contributed by atoms with Crippen LogP contribution < -0.4 is 15.6 Å². The van der Waals surface area contributed by atoms with E-state index in [0.717, 1.165) is 17.9 Å². The number of fused-ring (bicyclic) bond motifs is 1. The fraction of sp³-hybridized carbons (Fsp3) is 0.321. The molecule has 0 spiro atoms. The number of rotatable bonds is 8. The molecule has 174 valence electrons. The molecule has 6 nitrogen and oxygen atoms in total. The van der Waals surface area contributed by atoms with E-state index in [0.29, 0.717) is 29.3 Å². The molecule has 0 aliphatic heterocycles. The molecule has 0 atom stereocenters. The Balaban J connectivity index is 1.26. The summed E-state index contributed by atoms with van der Waals surface area (Å²) in [6, 6.07) is 20.7. The maximum absolute atomic E-state index is 12.7. The highest BCUT2D eigenvalue weighted by atomic mass is 16.5. The van der Waals surface area contributed by atoms with Gasteiger partial charge in [0, 0.05) is 18.8 Å². The Kier molecular flexibility index (Phi) is 6.96. The lowest BCUT2D eigenvalue weighted by atomic mass is 9.95. The summed E-state index contributed by atoms with van der Waals surface area (Å²) in [7, 11) is 0. The van der Waals surface area contributed by atoms with Gasteiger partial charge in [-0.15, -0.1) is 0 Å². The van der Waals surface area contributed by atoms with Crippen LogP contribution in [0.1, 0.15) is 54.7 Å². The highest BCUT2D eigenvalue weighted by Crippen LogP contribution is 2.19. The number of benzene rings is 2. The number of pyridine rings is 1. The molecule has 1 saturated carbocycles. The Morgan fingerprint density at radius 1 is 0.941 bits per heavy atom. The first-order chi connectivity index (χ1) is 16.7. The Hall–Kier alpha value is -3.51. The molecule has 2 aromatic carbocycles. The van der Waals surface area contributed by atoms with Crippen LogP contribution in [0.15, 0.2) is 71.7 Å². The predicted octanol–water partition coefficient (Wildman–Crippen LogP) is 4.91. The van der Waals surface area contributed by atoms with E-state index in [1.54, 1.807) is 12.3 Å². The molecule has 0 saturated heterocycles. The zero-order valence-electron chi connectivity index (χ0n) is 19.3. The lowest BCUT2D eigenvalue weighted by Crippen LogP contribution is -2.31. The number of hydrogen-bond donors (Lipinski definition) is 2. The highest BCUT2D eigenvalue weighted by Gasteiger charge is 2.15. The number of nitrogens with zero attached hydrogens (tertiary/aromatic N) is 2. The van der Waals surface area contributed by atoms with Crippen molar-refractivity contribution in [1.82, 2.24) is 20.3 Å². The van der Waals surface area contributed by atoms with E-state index in [1.165, 1.54) is 43.2 Å². The van der Waals surface area contributed by atoms with Crippen LogP contribution in [0.5, 0.6) is 5.75 Å². The van der Waals surface area contributed by atoms with Gasteiger partial charge in [0.25, 0.3) is 5.56 Å². The lowest BCUT2D eigenvalue weighted by molar-refractivity contribution is 0.296. The molecule has 0 radical (unpaired) electrons. The summed E-state index contributed by atoms with van der Waals surface area (Å²) in [6.45, 7) is 0.801. The van der Waals surface area contributed by atoms with Crippen molar-refractivity contribution < 1.29 is 4.74 Å². The number of H-pyrrole nitrogens is 1. The summed E-state index contributed by atoms with van der Waals surface area (Å²) >= 11 is 0. The molecule has 0 bridgehead atoms. The van der Waals surface area contributed by atoms with Crippen molar-refractivity contribution in [2.24, 2.45) is 0 Å². The predicted molar refractivity (Wildman–Crippen MR) is 134 cm³/mol. The third kappa shape index (κ3) is 5.51. The summed E-state index contributed by atoms with van der Waals surface area (Å²) in [5.74, 6) is 1.24. The van der Waals surface area contributed by atoms with Crippen LogP contribution in [0, 0.1) is 0 Å². The van der Waals surface area contributed by atoms with Crippen LogP contribution in [0.4, 0.5) is 0 Å². The first-order valence-electron chi connectivity index (χ1n) is 12.1. The van der Waals surface area contributed by atoms with Gasteiger partial charge in [-0.25, -0.2) is 4.98 Å². The van der Waals surface area contributed by atoms with E-state index in [-0.39, 0.29) is 12.2 Å². The summed E-state index contributed by atoms with van der Waals surface area (Å²) in [5.41, 5.74) is 3.78. The Morgan fingerprint density at radius 3 is 2.50 bits per heavy atom. The highest BCUT2D eigenvalue weighted by molar-refractivity contribution is 5.79. The van der Waals surface area contributed by atoms with E-state index in [9.17, 15) is 4.79 Å². The van der Waals surface area contributed by atoms with E-state index < -0.39 is 0 Å². The van der Waals surface area contributed by atoms with Crippen molar-refractivity contribution >= 4 is 10.9 Å². The summed E-state index contributed by atoms with van der Waals surface area (Å²) in [4.78, 5) is 24.8. The van der Waals surface area contributed by atoms with Crippen molar-refractivity contribution in [2.45, 2.75) is 57.7 Å². The second-order valence-electron chi connectivity index (χ2n) is 8.98. The molecule has 5 rings (SSSR count). The largest absolute Gasteiger partial charge is 0.486 e. The van der Waals surface area contributed by atoms with Crippen LogP contribution in [-0.4, -0.2) is 21.0 Å². The SMILES string of the molecule is O=c1[nH]c(COc2ccc(Cc3ccccc3)cc2)nc2c(CNC3CCCCC3)nccc12. The van der Waals surface area contributed by atoms with E-state index in [2.05, 4.69) is 51.7 Å². The third-order valence-corrected chi connectivity index (χ3v) is 6.46. The second kappa shape index (κ2) is 10.6. The van der Waals surface area contributed by atoms with Gasteiger partial charge in [0.15, 0.2) is 0 Å². The quantitative estimate of drug-likeness (QED) is 0.395. The second-order valence-corrected chi connectivity index (χ2v) is 8.98. The van der Waals surface area contributed by atoms with Crippen molar-refractivity contribution in [3.63, 3.8) is 0 Å². The molecule has 0 unspecified atom stereocenters. The zero-order valence-corrected chi connectivity index (χ0v) is 19.3. The molecule has 2 aromatic heterocycles. The van der Waals surface area contributed by atoms with Crippen molar-refractivity contribution in [2.75, 3.05) is 0 Å². The maximum Gasteiger partial charge on any atom is 0.258 e. The number of ether oxygens (including phenoxy) is 1. The van der Waals surface area contributed by atoms with Gasteiger partial charge >= 0.3 is 0 Å². The van der Waals surface area contributed by atoms with Crippen LogP contribution in [-0.2, 0) is 19.6 Å². The molecule has 1 fully saturated rings. The molecular formula is C28H30N4O2. The van der Waals surface area contributed by atoms with E-state index >= 15 is 0 Å². The van der Waals surface area contributed by atoms with E-state index in [4.69, 9.17) is 9.72 Å². The molecule has 4 aromatic rings. The monoisotopic (exact) mass is 454 g/mol. The van der Waals surface area contributed by atoms with Gasteiger partial charge in [0.1, 0.15) is 23.7 Å². The molecule has 1 aliphatic rings. The van der Waals surface area contributed by atoms with Gasteiger partial charge in [0.05, 0.1) is 11.1 Å². The molecule has 2 heterocycles. The summed E-state index contributed by atoms with van der Waals surface area (Å²) in [5, 5.41) is 4.16. The molecule has 1 aliphatic carbocycles. The number of nitrogens with one attached hydrogen (secondary N) is 2. The normalized spacial score (nSPS) is 14.4. The van der Waals surface area contributed by atoms with Gasteiger partial charge in [-0.2, -0.15) is 0 Å². The Labute approximate surface area is 199 Å². The minimum Gasteiger partial charge on any atom is -0.486 e. The Bertz CT molecular complexity index is 1280. The minimum absolute atomic E-state index is 0.164. The van der Waals surface area contributed by atoms with Crippen LogP contribution in [0.3, 0.4) is 0 Å². The minimum atomic E-state index is -0.164. The van der Waals surface area contributed by atoms with Crippen molar-refractivity contribution in [3.05, 3.63) is 99.9 Å². The van der Waals surface area contributed by atoms with Crippen molar-refractivity contribution in [3.8, 4) is 5.75 Å². The van der Waals surface area contributed by atoms with Gasteiger partial charge in [-0.05, 0) is 48.6 Å². The summed E-state index contributed by atoms with van der Waals surface area (Å²) in [6.07, 6.45) is 8.82. The standard InChI is InChI=1S/C28H30N4O2/c33-28-24-15-16-29-25(18-30-22-9-5-2-6-10-22)27(24)31-26(32-28)19-34-23-13-11-21(12-14-23)17-20-7-3-1-4-8-20/h1,3-4,7-8,11-16,22,30H,2,5-6,9-10,17-19H2,(H,31,32,33). The fourth-order valence-corrected chi connectivity index (χ4v) is 4.60. The van der Waals surface area contributed by atoms with Gasteiger partial charge in [-0.3, -0.25) is 9.78 Å². The van der Waals surface area contributed by atoms with E-state index in [1.807, 2.05) is 18.2 Å². The average Bonchev–Trinajstić information content (AvgIpc) is 2.88. The van der Waals surface area contributed by atoms with Gasteiger partial charge < -0.3 is 15.0 Å². The first kappa shape index (κ1) is 22.3. The first-order valence-corrected chi connectivity index (χ1v) is 12.1. The maximum atomic E-state index is 12.7. The van der Waals surface area contributed by atoms with Crippen molar-refractivity contribution in [1.29, 1.82) is 0 Å². The topological polar surface area (TPSA) is 79.9 Å². The molecule has 2 N–H and O–H groups in total. The smallest absolute Gasteiger partial charge is 0.258 e. The fourth-order valence-electron chi connectivity index (χ4n) is 4.60. The van der Waals surface area contributed by atoms with Crippen LogP contribution >= 0.6 is 0 Å². The van der Waals surface area contributed by atoms with Gasteiger partial charge in [0.2, 0.25) is 0 Å². The molecule has 6 heteroatoms. The van der Waals surface area contributed by atoms with Crippen LogP contribution in [0.25, 0.3) is 10.9 Å². The molecule has 34 heavy (non-hydrogen) atoms. The zero-order chi connectivity index (χ0) is 23.2. The third-order valence-electron chi connectivity index (χ3n) is 6.46. The average molecular weight is 455 g/mol. The van der Waals surface area contributed by atoms with Crippen LogP contribution in [0.2, 0.25) is 0 Å². The number of aromatic nitrogens is 3. The summed E-state index contributed by atoms with van der Waals surface area (Å²) < 4.78 is 5.93. The number of aromatic amines is 1. The molecular weight excluding hydrogens is 424 g/mol. The number of hydrogen-bond acceptors (Lipinski definition) is 5. The lowest BCUT2D eigenvalue weighted by Gasteiger charge is -2.22. The Morgan fingerprint density at radius 2 is 1.71 bits per heavy atom. The van der Waals surface area contributed by atoms with Gasteiger partial charge in [-0.1, -0.05) is 61.7 Å². The molecule has 0 amide bonds.